The first kappa shape index (κ1) is 82.0. The summed E-state index contributed by atoms with van der Waals surface area (Å²) in [5.74, 6) is -0.235. The first-order valence-electron chi connectivity index (χ1n) is 36.8. The summed E-state index contributed by atoms with van der Waals surface area (Å²) >= 11 is 0. The summed E-state index contributed by atoms with van der Waals surface area (Å²) in [6.45, 7) is 1.85. The smallest absolute Gasteiger partial charge is 0.220 e. The molecular weight excluding hydrogens is 1140 g/mol. The maximum Gasteiger partial charge on any atom is 0.220 e. The van der Waals surface area contributed by atoms with Crippen LogP contribution in [0.4, 0.5) is 0 Å². The number of aliphatic hydroxyl groups excluding tert-OH is 11. The van der Waals surface area contributed by atoms with E-state index in [9.17, 15) is 61.0 Å². The standard InChI is InChI=1S/C70H135NO18/c1-3-5-7-9-11-13-15-17-19-21-23-24-25-26-27-28-29-30-31-33-35-37-39-41-43-45-47-54(75)53(71-58(76)48-46-44-42-40-38-36-34-32-22-20-18-16-14-12-10-8-6-4-2)52-84-68-64(82)61(79)66(56(50-73)86-68)89-70-65(83)62(80)67(57(51-74)87-70)88-69-63(81)60(78)59(77)55(49-72)85-69/h53-57,59-70,72-75,77-83H,3-52H2,1-2H3,(H,71,76). The van der Waals surface area contributed by atoms with Gasteiger partial charge in [0.05, 0.1) is 38.6 Å². The van der Waals surface area contributed by atoms with Crippen LogP contribution in [0.15, 0.2) is 0 Å². The minimum Gasteiger partial charge on any atom is -0.394 e. The SMILES string of the molecule is CCCCCCCCCCCCCCCCCCCCCCCCCCCCC(O)C(COC1OC(CO)C(OC2OC(CO)C(OC3OC(CO)C(O)C(O)C3O)C(O)C2O)C(O)C1O)NC(=O)CCCCCCCCCCCCCCCCCCCC. The van der Waals surface area contributed by atoms with Crippen molar-refractivity contribution in [3.63, 3.8) is 0 Å². The van der Waals surface area contributed by atoms with Crippen molar-refractivity contribution >= 4 is 5.91 Å². The third-order valence-electron chi connectivity index (χ3n) is 18.9. The highest BCUT2D eigenvalue weighted by Crippen LogP contribution is 2.33. The molecule has 19 heteroatoms. The van der Waals surface area contributed by atoms with Crippen molar-refractivity contribution in [2.24, 2.45) is 0 Å². The summed E-state index contributed by atoms with van der Waals surface area (Å²) in [5.41, 5.74) is 0. The van der Waals surface area contributed by atoms with Crippen LogP contribution in [0.25, 0.3) is 0 Å². The summed E-state index contributed by atoms with van der Waals surface area (Å²) in [6.07, 6.45) is 30.4. The fourth-order valence-electron chi connectivity index (χ4n) is 13.0. The molecular formula is C70H135NO18. The van der Waals surface area contributed by atoms with Crippen molar-refractivity contribution < 1.29 is 89.4 Å². The first-order valence-corrected chi connectivity index (χ1v) is 36.8. The molecule has 0 aliphatic carbocycles. The second-order valence-electron chi connectivity index (χ2n) is 26.8. The molecule has 0 aromatic rings. The molecule has 0 aromatic heterocycles. The number of unbranched alkanes of at least 4 members (excludes halogenated alkanes) is 42. The number of aliphatic hydroxyl groups is 11. The molecule has 0 saturated carbocycles. The Morgan fingerprint density at radius 2 is 0.640 bits per heavy atom. The lowest BCUT2D eigenvalue weighted by atomic mass is 9.96. The molecule has 17 atom stereocenters. The van der Waals surface area contributed by atoms with Gasteiger partial charge in [-0.25, -0.2) is 0 Å². The van der Waals surface area contributed by atoms with Crippen LogP contribution in [0, 0.1) is 0 Å². The Kier molecular flexibility index (Phi) is 48.8. The van der Waals surface area contributed by atoms with E-state index < -0.39 is 124 Å². The van der Waals surface area contributed by atoms with Crippen LogP contribution in [0.5, 0.6) is 0 Å². The molecule has 12 N–H and O–H groups in total. The predicted molar refractivity (Wildman–Crippen MR) is 347 cm³/mol. The summed E-state index contributed by atoms with van der Waals surface area (Å²) in [4.78, 5) is 13.4. The van der Waals surface area contributed by atoms with Gasteiger partial charge >= 0.3 is 0 Å². The lowest BCUT2D eigenvalue weighted by Crippen LogP contribution is -2.66. The molecule has 17 unspecified atom stereocenters. The number of rotatable bonds is 58. The van der Waals surface area contributed by atoms with Crippen molar-refractivity contribution in [2.45, 2.75) is 413 Å². The fourth-order valence-corrected chi connectivity index (χ4v) is 13.0. The molecule has 0 aromatic carbocycles. The molecule has 0 bridgehead atoms. The zero-order valence-electron chi connectivity index (χ0n) is 55.9. The summed E-state index contributed by atoms with van der Waals surface area (Å²) in [5, 5.41) is 121. The van der Waals surface area contributed by atoms with Crippen LogP contribution in [-0.4, -0.2) is 193 Å². The first-order chi connectivity index (χ1) is 43.3. The van der Waals surface area contributed by atoms with Gasteiger partial charge in [0.1, 0.15) is 73.2 Å². The van der Waals surface area contributed by atoms with Crippen LogP contribution in [0.2, 0.25) is 0 Å². The number of hydrogen-bond acceptors (Lipinski definition) is 18. The van der Waals surface area contributed by atoms with Gasteiger partial charge in [0.2, 0.25) is 5.91 Å². The predicted octanol–water partition coefficient (Wildman–Crippen LogP) is 10.3. The van der Waals surface area contributed by atoms with Gasteiger partial charge in [-0.05, 0) is 12.8 Å². The lowest BCUT2D eigenvalue weighted by Gasteiger charge is -2.48. The normalized spacial score (nSPS) is 28.1. The number of nitrogens with one attached hydrogen (secondary N) is 1. The molecule has 19 nitrogen and oxygen atoms in total. The molecule has 0 spiro atoms. The molecule has 528 valence electrons. The topological polar surface area (TPSA) is 307 Å². The largest absolute Gasteiger partial charge is 0.394 e. The van der Waals surface area contributed by atoms with Gasteiger partial charge in [0.25, 0.3) is 0 Å². The number of hydrogen-bond donors (Lipinski definition) is 12. The van der Waals surface area contributed by atoms with Crippen molar-refractivity contribution in [3.05, 3.63) is 0 Å². The van der Waals surface area contributed by atoms with E-state index in [1.807, 2.05) is 0 Å². The van der Waals surface area contributed by atoms with E-state index in [0.717, 1.165) is 44.9 Å². The Hall–Kier alpha value is -1.21. The van der Waals surface area contributed by atoms with E-state index in [-0.39, 0.29) is 18.9 Å². The Balaban J connectivity index is 1.40. The third kappa shape index (κ3) is 34.9. The van der Waals surface area contributed by atoms with E-state index in [1.54, 1.807) is 0 Å². The zero-order chi connectivity index (χ0) is 64.7. The Bertz CT molecular complexity index is 1620. The number of ether oxygens (including phenoxy) is 6. The van der Waals surface area contributed by atoms with Crippen LogP contribution in [0.3, 0.4) is 0 Å². The van der Waals surface area contributed by atoms with Gasteiger partial charge in [-0.2, -0.15) is 0 Å². The quantitative estimate of drug-likeness (QED) is 0.0252. The molecule has 0 radical (unpaired) electrons. The Labute approximate surface area is 538 Å². The number of carbonyl (C=O) groups is 1. The molecule has 3 heterocycles. The van der Waals surface area contributed by atoms with Crippen LogP contribution < -0.4 is 5.32 Å². The van der Waals surface area contributed by atoms with Gasteiger partial charge in [-0.3, -0.25) is 4.79 Å². The van der Waals surface area contributed by atoms with Gasteiger partial charge in [-0.15, -0.1) is 0 Å². The van der Waals surface area contributed by atoms with E-state index in [0.29, 0.717) is 12.8 Å². The van der Waals surface area contributed by atoms with E-state index >= 15 is 0 Å². The van der Waals surface area contributed by atoms with Crippen molar-refractivity contribution in [2.75, 3.05) is 26.4 Å². The summed E-state index contributed by atoms with van der Waals surface area (Å²) in [6, 6.07) is -0.882. The highest BCUT2D eigenvalue weighted by Gasteiger charge is 2.53. The van der Waals surface area contributed by atoms with Crippen LogP contribution in [0.1, 0.15) is 309 Å². The Morgan fingerprint density at radius 1 is 0.360 bits per heavy atom. The lowest BCUT2D eigenvalue weighted by molar-refractivity contribution is -0.379. The molecule has 3 rings (SSSR count). The highest BCUT2D eigenvalue weighted by atomic mass is 16.8. The highest BCUT2D eigenvalue weighted by molar-refractivity contribution is 5.76. The molecule has 3 saturated heterocycles. The van der Waals surface area contributed by atoms with E-state index in [1.165, 1.54) is 231 Å². The Morgan fingerprint density at radius 3 is 0.978 bits per heavy atom. The van der Waals surface area contributed by atoms with Gasteiger partial charge in [-0.1, -0.05) is 290 Å². The van der Waals surface area contributed by atoms with Crippen LogP contribution in [-0.2, 0) is 33.2 Å². The fraction of sp³-hybridized carbons (Fsp3) is 0.986. The maximum absolute atomic E-state index is 13.4. The third-order valence-corrected chi connectivity index (χ3v) is 18.9. The van der Waals surface area contributed by atoms with Gasteiger partial charge in [0.15, 0.2) is 18.9 Å². The summed E-state index contributed by atoms with van der Waals surface area (Å²) in [7, 11) is 0. The number of amides is 1. The monoisotopic (exact) mass is 1280 g/mol. The second-order valence-corrected chi connectivity index (χ2v) is 26.8. The van der Waals surface area contributed by atoms with Gasteiger partial charge in [0, 0.05) is 6.42 Å². The molecule has 3 aliphatic heterocycles. The minimum absolute atomic E-state index is 0.235. The average Bonchev–Trinajstić information content (AvgIpc) is 1.97. The van der Waals surface area contributed by atoms with E-state index in [2.05, 4.69) is 19.2 Å². The molecule has 3 aliphatic rings. The van der Waals surface area contributed by atoms with Crippen molar-refractivity contribution in [1.82, 2.24) is 5.32 Å². The average molecular weight is 1280 g/mol. The second kappa shape index (κ2) is 53.0. The zero-order valence-corrected chi connectivity index (χ0v) is 55.9. The molecule has 3 fully saturated rings. The minimum atomic E-state index is -1.97. The number of carbonyl (C=O) groups excluding carboxylic acids is 1. The molecule has 89 heavy (non-hydrogen) atoms. The molecule has 1 amide bonds. The summed E-state index contributed by atoms with van der Waals surface area (Å²) < 4.78 is 34.5. The maximum atomic E-state index is 13.4. The van der Waals surface area contributed by atoms with E-state index in [4.69, 9.17) is 28.4 Å². The van der Waals surface area contributed by atoms with Crippen molar-refractivity contribution in [3.8, 4) is 0 Å². The van der Waals surface area contributed by atoms with Crippen molar-refractivity contribution in [1.29, 1.82) is 0 Å². The van der Waals surface area contributed by atoms with Crippen LogP contribution >= 0.6 is 0 Å². The van der Waals surface area contributed by atoms with Gasteiger partial charge < -0.3 is 89.9 Å².